The lowest BCUT2D eigenvalue weighted by molar-refractivity contribution is -0.134. The van der Waals surface area contributed by atoms with Gasteiger partial charge < -0.3 is 28.8 Å². The van der Waals surface area contributed by atoms with Gasteiger partial charge in [0, 0.05) is 12.5 Å². The van der Waals surface area contributed by atoms with Crippen LogP contribution in [-0.4, -0.2) is 61.2 Å². The van der Waals surface area contributed by atoms with Crippen molar-refractivity contribution in [2.75, 3.05) is 35.5 Å². The van der Waals surface area contributed by atoms with Crippen LogP contribution in [0.2, 0.25) is 0 Å². The molecule has 0 spiro atoms. The number of methoxy groups -OCH3 is 5. The minimum absolute atomic E-state index is 0.266. The van der Waals surface area contributed by atoms with Gasteiger partial charge in [0.25, 0.3) is 11.5 Å². The lowest BCUT2D eigenvalue weighted by Crippen LogP contribution is -2.23. The van der Waals surface area contributed by atoms with Crippen molar-refractivity contribution in [2.24, 2.45) is 0 Å². The Hall–Kier alpha value is -4.32. The molecule has 12 heteroatoms. The number of aromatic nitrogens is 3. The standard InChI is InChI=1S/C22H21N3O6S.C2H4O2/c1-27-14-7-6-13(11-15(14)28-2)20-23-22-25(24-20)21(26)18(32-22)10-12-8-16(29-3)19(31-5)17(9-12)30-4;1-2(3)4/h6-11H,1-5H3;1H3,(H,3,4). The van der Waals surface area contributed by atoms with E-state index >= 15 is 0 Å². The molecule has 0 unspecified atom stereocenters. The Morgan fingerprint density at radius 3 is 2.00 bits per heavy atom. The lowest BCUT2D eigenvalue weighted by atomic mass is 10.1. The van der Waals surface area contributed by atoms with E-state index < -0.39 is 5.97 Å². The number of carbonyl (C=O) groups is 1. The predicted octanol–water partition coefficient (Wildman–Crippen LogP) is 2.50. The lowest BCUT2D eigenvalue weighted by Gasteiger charge is -2.12. The predicted molar refractivity (Wildman–Crippen MR) is 134 cm³/mol. The average molecular weight is 516 g/mol. The number of hydrogen-bond donors (Lipinski definition) is 1. The number of nitrogens with zero attached hydrogens (tertiary/aromatic N) is 3. The molecule has 4 rings (SSSR count). The molecule has 0 radical (unpaired) electrons. The van der Waals surface area contributed by atoms with Crippen LogP contribution in [0.25, 0.3) is 22.4 Å². The molecule has 0 atom stereocenters. The summed E-state index contributed by atoms with van der Waals surface area (Å²) in [6.07, 6.45) is 1.74. The molecule has 4 aromatic rings. The summed E-state index contributed by atoms with van der Waals surface area (Å²) in [7, 11) is 7.74. The van der Waals surface area contributed by atoms with E-state index in [9.17, 15) is 4.79 Å². The number of benzene rings is 2. The second kappa shape index (κ2) is 11.4. The van der Waals surface area contributed by atoms with Crippen LogP contribution >= 0.6 is 11.3 Å². The largest absolute Gasteiger partial charge is 0.493 e. The van der Waals surface area contributed by atoms with Gasteiger partial charge in [0.05, 0.1) is 40.1 Å². The number of hydrogen-bond acceptors (Lipinski definition) is 10. The van der Waals surface area contributed by atoms with Gasteiger partial charge in [-0.15, -0.1) is 5.10 Å². The molecule has 2 aromatic heterocycles. The summed E-state index contributed by atoms with van der Waals surface area (Å²) in [6.45, 7) is 1.08. The molecule has 190 valence electrons. The Balaban J connectivity index is 0.000000840. The third kappa shape index (κ3) is 5.49. The van der Waals surface area contributed by atoms with Crippen molar-refractivity contribution in [1.29, 1.82) is 0 Å². The van der Waals surface area contributed by atoms with Crippen LogP contribution in [-0.2, 0) is 4.79 Å². The van der Waals surface area contributed by atoms with Gasteiger partial charge in [0.15, 0.2) is 28.8 Å². The fourth-order valence-corrected chi connectivity index (χ4v) is 4.18. The summed E-state index contributed by atoms with van der Waals surface area (Å²) in [5.41, 5.74) is 1.17. The number of ether oxygens (including phenoxy) is 5. The van der Waals surface area contributed by atoms with Crippen molar-refractivity contribution in [2.45, 2.75) is 6.92 Å². The number of carboxylic acids is 1. The van der Waals surface area contributed by atoms with Crippen molar-refractivity contribution in [3.63, 3.8) is 0 Å². The van der Waals surface area contributed by atoms with Gasteiger partial charge in [-0.1, -0.05) is 11.3 Å². The van der Waals surface area contributed by atoms with Crippen molar-refractivity contribution in [1.82, 2.24) is 14.6 Å². The number of rotatable bonds is 7. The fraction of sp³-hybridized carbons (Fsp3) is 0.250. The number of fused-ring (bicyclic) bond motifs is 1. The normalized spacial score (nSPS) is 11.0. The molecule has 11 nitrogen and oxygen atoms in total. The summed E-state index contributed by atoms with van der Waals surface area (Å²) < 4.78 is 28.5. The zero-order valence-electron chi connectivity index (χ0n) is 20.5. The molecule has 2 heterocycles. The van der Waals surface area contributed by atoms with Crippen LogP contribution in [0.4, 0.5) is 0 Å². The van der Waals surface area contributed by atoms with E-state index in [4.69, 9.17) is 33.6 Å². The minimum atomic E-state index is -0.833. The molecule has 0 saturated carbocycles. The van der Waals surface area contributed by atoms with Gasteiger partial charge in [0.2, 0.25) is 10.7 Å². The van der Waals surface area contributed by atoms with E-state index in [-0.39, 0.29) is 5.56 Å². The Kier molecular flexibility index (Phi) is 8.33. The zero-order valence-corrected chi connectivity index (χ0v) is 21.3. The molecule has 2 aromatic carbocycles. The molecule has 0 aliphatic rings. The Bertz CT molecular complexity index is 1470. The molecule has 0 fully saturated rings. The summed E-state index contributed by atoms with van der Waals surface area (Å²) >= 11 is 1.24. The van der Waals surface area contributed by atoms with E-state index in [2.05, 4.69) is 10.1 Å². The maximum absolute atomic E-state index is 12.9. The van der Waals surface area contributed by atoms with Gasteiger partial charge >= 0.3 is 0 Å². The highest BCUT2D eigenvalue weighted by Crippen LogP contribution is 2.38. The Morgan fingerprint density at radius 1 is 0.917 bits per heavy atom. The topological polar surface area (TPSA) is 131 Å². The maximum Gasteiger partial charge on any atom is 0.300 e. The highest BCUT2D eigenvalue weighted by molar-refractivity contribution is 7.15. The Morgan fingerprint density at radius 2 is 1.50 bits per heavy atom. The first-order valence-corrected chi connectivity index (χ1v) is 11.2. The van der Waals surface area contributed by atoms with E-state index in [1.54, 1.807) is 58.8 Å². The first-order valence-electron chi connectivity index (χ1n) is 10.4. The smallest absolute Gasteiger partial charge is 0.300 e. The first kappa shape index (κ1) is 26.3. The summed E-state index contributed by atoms with van der Waals surface area (Å²) in [5.74, 6) is 2.23. The molecule has 36 heavy (non-hydrogen) atoms. The third-order valence-corrected chi connectivity index (χ3v) is 5.77. The van der Waals surface area contributed by atoms with E-state index in [1.807, 2.05) is 6.07 Å². The van der Waals surface area contributed by atoms with Gasteiger partial charge in [-0.2, -0.15) is 9.50 Å². The molecule has 1 N–H and O–H groups in total. The SMILES string of the molecule is CC(=O)O.COc1ccc(-c2nc3sc(=Cc4cc(OC)c(OC)c(OC)c4)c(=O)n3n2)cc1OC. The van der Waals surface area contributed by atoms with Gasteiger partial charge in [-0.3, -0.25) is 9.59 Å². The van der Waals surface area contributed by atoms with Crippen molar-refractivity contribution in [3.8, 4) is 40.1 Å². The van der Waals surface area contributed by atoms with Crippen LogP contribution in [0.15, 0.2) is 35.1 Å². The minimum Gasteiger partial charge on any atom is -0.493 e. The zero-order chi connectivity index (χ0) is 26.4. The van der Waals surface area contributed by atoms with E-state index in [0.29, 0.717) is 49.6 Å². The monoisotopic (exact) mass is 515 g/mol. The molecule has 0 saturated heterocycles. The van der Waals surface area contributed by atoms with Crippen LogP contribution in [0.5, 0.6) is 28.7 Å². The van der Waals surface area contributed by atoms with Crippen LogP contribution in [0.3, 0.4) is 0 Å². The van der Waals surface area contributed by atoms with E-state index in [1.165, 1.54) is 23.0 Å². The van der Waals surface area contributed by atoms with Gasteiger partial charge in [-0.25, -0.2) is 0 Å². The van der Waals surface area contributed by atoms with Crippen LogP contribution < -0.4 is 33.8 Å². The summed E-state index contributed by atoms with van der Waals surface area (Å²) in [5, 5.41) is 11.8. The van der Waals surface area contributed by atoms with Crippen molar-refractivity contribution >= 4 is 28.3 Å². The highest BCUT2D eigenvalue weighted by Gasteiger charge is 2.16. The average Bonchev–Trinajstić information content (AvgIpc) is 3.41. The molecule has 0 aliphatic heterocycles. The van der Waals surface area contributed by atoms with Crippen LogP contribution in [0.1, 0.15) is 12.5 Å². The first-order chi connectivity index (χ1) is 17.3. The van der Waals surface area contributed by atoms with Crippen molar-refractivity contribution in [3.05, 3.63) is 50.8 Å². The quantitative estimate of drug-likeness (QED) is 0.392. The van der Waals surface area contributed by atoms with Crippen LogP contribution in [0, 0.1) is 0 Å². The maximum atomic E-state index is 12.9. The van der Waals surface area contributed by atoms with Gasteiger partial charge in [-0.05, 0) is 42.0 Å². The van der Waals surface area contributed by atoms with Crippen molar-refractivity contribution < 1.29 is 33.6 Å². The molecular formula is C24H25N3O8S. The van der Waals surface area contributed by atoms with Gasteiger partial charge in [0.1, 0.15) is 0 Å². The highest BCUT2D eigenvalue weighted by atomic mass is 32.1. The third-order valence-electron chi connectivity index (χ3n) is 4.81. The number of carboxylic acid groups (broad SMARTS) is 1. The summed E-state index contributed by atoms with van der Waals surface area (Å²) in [6, 6.07) is 8.89. The Labute approximate surface area is 210 Å². The second-order valence-corrected chi connectivity index (χ2v) is 8.10. The summed E-state index contributed by atoms with van der Waals surface area (Å²) in [4.78, 5) is 26.9. The second-order valence-electron chi connectivity index (χ2n) is 7.09. The number of thiazole rings is 1. The molecular weight excluding hydrogens is 490 g/mol. The molecule has 0 amide bonds. The fourth-order valence-electron chi connectivity index (χ4n) is 3.27. The number of aliphatic carboxylic acids is 1. The van der Waals surface area contributed by atoms with E-state index in [0.717, 1.165) is 12.5 Å². The molecule has 0 aliphatic carbocycles. The molecule has 0 bridgehead atoms.